The quantitative estimate of drug-likeness (QED) is 0.285. The highest BCUT2D eigenvalue weighted by atomic mass is 32.2. The lowest BCUT2D eigenvalue weighted by atomic mass is 10.0. The number of rotatable bonds is 6. The summed E-state index contributed by atoms with van der Waals surface area (Å²) in [7, 11) is -3.61. The average Bonchev–Trinajstić information content (AvgIpc) is 2.84. The zero-order valence-electron chi connectivity index (χ0n) is 18.8. The largest absolute Gasteiger partial charge is 0.219 e. The van der Waals surface area contributed by atoms with Gasteiger partial charge in [0.1, 0.15) is 0 Å². The lowest BCUT2D eigenvalue weighted by Gasteiger charge is -2.08. The maximum atomic E-state index is 13.2. The van der Waals surface area contributed by atoms with Crippen LogP contribution in [0, 0.1) is 13.8 Å². The maximum absolute atomic E-state index is 13.2. The van der Waals surface area contributed by atoms with Crippen LogP contribution in [0.5, 0.6) is 0 Å². The molecule has 0 saturated heterocycles. The van der Waals surface area contributed by atoms with E-state index in [2.05, 4.69) is 12.1 Å². The van der Waals surface area contributed by atoms with E-state index in [1.54, 1.807) is 12.1 Å². The molecule has 4 aromatic carbocycles. The van der Waals surface area contributed by atoms with E-state index in [4.69, 9.17) is 0 Å². The SMILES string of the molecule is Cc1ccc(C=C/C(=C\S(=O)(=O)c2ccc(C)cc2)c2ccc(-c3ccccc3)cc2)cc1. The smallest absolute Gasteiger partial charge is 0.200 e. The van der Waals surface area contributed by atoms with Gasteiger partial charge in [-0.2, -0.15) is 0 Å². The number of sulfone groups is 1. The van der Waals surface area contributed by atoms with Gasteiger partial charge in [-0.3, -0.25) is 0 Å². The molecule has 164 valence electrons. The topological polar surface area (TPSA) is 34.1 Å². The molecule has 0 radical (unpaired) electrons. The second-order valence-corrected chi connectivity index (χ2v) is 9.92. The lowest BCUT2D eigenvalue weighted by Crippen LogP contribution is -1.98. The highest BCUT2D eigenvalue weighted by Gasteiger charge is 2.13. The molecule has 0 aliphatic rings. The summed E-state index contributed by atoms with van der Waals surface area (Å²) in [6.45, 7) is 3.98. The van der Waals surface area contributed by atoms with Gasteiger partial charge in [-0.1, -0.05) is 114 Å². The van der Waals surface area contributed by atoms with Gasteiger partial charge in [0.25, 0.3) is 0 Å². The van der Waals surface area contributed by atoms with Gasteiger partial charge in [0.15, 0.2) is 9.84 Å². The summed E-state index contributed by atoms with van der Waals surface area (Å²) in [4.78, 5) is 0.287. The van der Waals surface area contributed by atoms with Crippen LogP contribution in [0.15, 0.2) is 120 Å². The molecule has 0 N–H and O–H groups in total. The first kappa shape index (κ1) is 22.5. The van der Waals surface area contributed by atoms with Crippen LogP contribution in [-0.2, 0) is 9.84 Å². The zero-order valence-corrected chi connectivity index (χ0v) is 19.6. The number of allylic oxidation sites excluding steroid dienone is 2. The van der Waals surface area contributed by atoms with Crippen LogP contribution in [-0.4, -0.2) is 8.42 Å². The standard InChI is InChI=1S/C30H26O2S/c1-23-8-12-25(13-9-23)14-15-29(22-33(31,32)30-20-10-24(2)11-21-30)28-18-16-27(17-19-28)26-6-4-3-5-7-26/h3-22H,1-2H3/b15-14?,29-22+. The number of benzene rings is 4. The molecule has 4 rings (SSSR count). The summed E-state index contributed by atoms with van der Waals surface area (Å²) in [5, 5.41) is 1.36. The number of hydrogen-bond donors (Lipinski definition) is 0. The van der Waals surface area contributed by atoms with Crippen LogP contribution in [0.2, 0.25) is 0 Å². The molecule has 0 atom stereocenters. The minimum absolute atomic E-state index is 0.287. The van der Waals surface area contributed by atoms with E-state index in [0.717, 1.165) is 27.8 Å². The first-order chi connectivity index (χ1) is 15.9. The minimum atomic E-state index is -3.61. The Labute approximate surface area is 196 Å². The molecule has 0 bridgehead atoms. The van der Waals surface area contributed by atoms with Crippen LogP contribution in [0.4, 0.5) is 0 Å². The van der Waals surface area contributed by atoms with Crippen LogP contribution in [0.3, 0.4) is 0 Å². The lowest BCUT2D eigenvalue weighted by molar-refractivity contribution is 0.604. The zero-order chi connectivity index (χ0) is 23.3. The predicted molar refractivity (Wildman–Crippen MR) is 138 cm³/mol. The van der Waals surface area contributed by atoms with Crippen molar-refractivity contribution in [1.82, 2.24) is 0 Å². The molecule has 3 heteroatoms. The third-order valence-electron chi connectivity index (χ3n) is 5.49. The molecule has 0 fully saturated rings. The summed E-state index contributed by atoms with van der Waals surface area (Å²) < 4.78 is 26.3. The Hall–Kier alpha value is -3.69. The Bertz CT molecular complexity index is 1380. The molecule has 0 saturated carbocycles. The highest BCUT2D eigenvalue weighted by molar-refractivity contribution is 7.94. The van der Waals surface area contributed by atoms with Crippen molar-refractivity contribution in [2.75, 3.05) is 0 Å². The molecular weight excluding hydrogens is 424 g/mol. The van der Waals surface area contributed by atoms with Crippen LogP contribution in [0.25, 0.3) is 22.8 Å². The Morgan fingerprint density at radius 2 is 1.18 bits per heavy atom. The number of hydrogen-bond acceptors (Lipinski definition) is 2. The van der Waals surface area contributed by atoms with E-state index in [1.165, 1.54) is 11.0 Å². The Morgan fingerprint density at radius 1 is 0.636 bits per heavy atom. The van der Waals surface area contributed by atoms with E-state index in [9.17, 15) is 8.42 Å². The van der Waals surface area contributed by atoms with Crippen molar-refractivity contribution in [2.45, 2.75) is 18.7 Å². The first-order valence-corrected chi connectivity index (χ1v) is 12.4. The molecule has 0 unspecified atom stereocenters. The maximum Gasteiger partial charge on any atom is 0.200 e. The fourth-order valence-electron chi connectivity index (χ4n) is 3.52. The monoisotopic (exact) mass is 450 g/mol. The molecular formula is C30H26O2S. The third-order valence-corrected chi connectivity index (χ3v) is 6.98. The normalized spacial score (nSPS) is 12.2. The van der Waals surface area contributed by atoms with Gasteiger partial charge < -0.3 is 0 Å². The van der Waals surface area contributed by atoms with Gasteiger partial charge in [-0.15, -0.1) is 0 Å². The van der Waals surface area contributed by atoms with Gasteiger partial charge in [0, 0.05) is 5.41 Å². The summed E-state index contributed by atoms with van der Waals surface area (Å²) in [5.74, 6) is 0. The Balaban J connectivity index is 1.74. The molecule has 0 amide bonds. The van der Waals surface area contributed by atoms with Crippen molar-refractivity contribution < 1.29 is 8.42 Å². The second-order valence-electron chi connectivity index (χ2n) is 8.12. The molecule has 2 nitrogen and oxygen atoms in total. The van der Waals surface area contributed by atoms with Crippen molar-refractivity contribution in [3.05, 3.63) is 137 Å². The van der Waals surface area contributed by atoms with E-state index in [1.807, 2.05) is 105 Å². The van der Waals surface area contributed by atoms with Crippen molar-refractivity contribution in [2.24, 2.45) is 0 Å². The van der Waals surface area contributed by atoms with Gasteiger partial charge in [0.2, 0.25) is 0 Å². The van der Waals surface area contributed by atoms with Gasteiger partial charge >= 0.3 is 0 Å². The molecule has 0 heterocycles. The molecule has 0 aromatic heterocycles. The van der Waals surface area contributed by atoms with Gasteiger partial charge in [0.05, 0.1) is 4.90 Å². The minimum Gasteiger partial charge on any atom is -0.219 e. The van der Waals surface area contributed by atoms with Crippen LogP contribution >= 0.6 is 0 Å². The van der Waals surface area contributed by atoms with Crippen molar-refractivity contribution in [3.63, 3.8) is 0 Å². The summed E-state index contributed by atoms with van der Waals surface area (Å²) in [5.41, 5.74) is 6.90. The highest BCUT2D eigenvalue weighted by Crippen LogP contribution is 2.26. The third kappa shape index (κ3) is 5.76. The molecule has 0 spiro atoms. The first-order valence-electron chi connectivity index (χ1n) is 10.8. The molecule has 0 aliphatic carbocycles. The van der Waals surface area contributed by atoms with Crippen molar-refractivity contribution in [1.29, 1.82) is 0 Å². The van der Waals surface area contributed by atoms with E-state index >= 15 is 0 Å². The van der Waals surface area contributed by atoms with E-state index < -0.39 is 9.84 Å². The predicted octanol–water partition coefficient (Wildman–Crippen LogP) is 7.50. The molecule has 0 aliphatic heterocycles. The average molecular weight is 451 g/mol. The van der Waals surface area contributed by atoms with Crippen molar-refractivity contribution in [3.8, 4) is 11.1 Å². The fourth-order valence-corrected chi connectivity index (χ4v) is 4.72. The van der Waals surface area contributed by atoms with E-state index in [0.29, 0.717) is 5.57 Å². The summed E-state index contributed by atoms with van der Waals surface area (Å²) >= 11 is 0. The van der Waals surface area contributed by atoms with Crippen molar-refractivity contribution >= 4 is 21.5 Å². The summed E-state index contributed by atoms with van der Waals surface area (Å²) in [6.07, 6.45) is 3.81. The van der Waals surface area contributed by atoms with Crippen LogP contribution in [0.1, 0.15) is 22.3 Å². The number of aryl methyl sites for hydroxylation is 2. The Kier molecular flexibility index (Phi) is 6.71. The fraction of sp³-hybridized carbons (Fsp3) is 0.0667. The van der Waals surface area contributed by atoms with Crippen LogP contribution < -0.4 is 0 Å². The molecule has 33 heavy (non-hydrogen) atoms. The Morgan fingerprint density at radius 3 is 1.79 bits per heavy atom. The summed E-state index contributed by atoms with van der Waals surface area (Å²) in [6, 6.07) is 33.2. The van der Waals surface area contributed by atoms with Gasteiger partial charge in [-0.05, 0) is 53.8 Å². The second kappa shape index (κ2) is 9.85. The van der Waals surface area contributed by atoms with Gasteiger partial charge in [-0.25, -0.2) is 8.42 Å². The molecule has 4 aromatic rings. The van der Waals surface area contributed by atoms with E-state index in [-0.39, 0.29) is 4.90 Å².